The van der Waals surface area contributed by atoms with E-state index in [1.54, 1.807) is 31.2 Å². The van der Waals surface area contributed by atoms with Crippen LogP contribution in [0.4, 0.5) is 0 Å². The van der Waals surface area contributed by atoms with Crippen molar-refractivity contribution in [2.24, 2.45) is 0 Å². The van der Waals surface area contributed by atoms with Crippen molar-refractivity contribution in [2.45, 2.75) is 32.8 Å². The standard InChI is InChI=1S/C22H24O4S2/c1-3-20(21(23)24)26-19-11-9-18(10-12-19)25-17-7-5-16(6-8-17)15(2)22-27-13-4-14-28-22/h5-12,20H,3-4,13-14H2,1-2H3,(H,23,24). The van der Waals surface area contributed by atoms with E-state index < -0.39 is 12.1 Å². The Morgan fingerprint density at radius 2 is 1.54 bits per heavy atom. The summed E-state index contributed by atoms with van der Waals surface area (Å²) in [5.41, 5.74) is 2.54. The van der Waals surface area contributed by atoms with Gasteiger partial charge in [0.15, 0.2) is 6.10 Å². The van der Waals surface area contributed by atoms with Crippen molar-refractivity contribution in [3.63, 3.8) is 0 Å². The first-order chi connectivity index (χ1) is 13.6. The van der Waals surface area contributed by atoms with Crippen LogP contribution in [0.5, 0.6) is 17.2 Å². The van der Waals surface area contributed by atoms with Crippen molar-refractivity contribution in [3.8, 4) is 17.2 Å². The van der Waals surface area contributed by atoms with Gasteiger partial charge in [-0.1, -0.05) is 19.1 Å². The number of benzene rings is 2. The Labute approximate surface area is 174 Å². The van der Waals surface area contributed by atoms with Gasteiger partial charge in [-0.05, 0) is 78.8 Å². The van der Waals surface area contributed by atoms with E-state index in [-0.39, 0.29) is 0 Å². The molecule has 3 rings (SSSR count). The Balaban J connectivity index is 1.63. The number of ether oxygens (including phenoxy) is 2. The summed E-state index contributed by atoms with van der Waals surface area (Å²) >= 11 is 3.89. The van der Waals surface area contributed by atoms with E-state index in [1.807, 2.05) is 35.7 Å². The molecule has 148 valence electrons. The number of thioether (sulfide) groups is 2. The highest BCUT2D eigenvalue weighted by atomic mass is 32.2. The molecule has 2 aromatic carbocycles. The van der Waals surface area contributed by atoms with Crippen LogP contribution in [0.2, 0.25) is 0 Å². The fourth-order valence-electron chi connectivity index (χ4n) is 2.73. The molecule has 6 heteroatoms. The van der Waals surface area contributed by atoms with Crippen molar-refractivity contribution in [1.82, 2.24) is 0 Å². The summed E-state index contributed by atoms with van der Waals surface area (Å²) in [7, 11) is 0. The van der Waals surface area contributed by atoms with E-state index in [4.69, 9.17) is 14.6 Å². The molecule has 1 aliphatic heterocycles. The van der Waals surface area contributed by atoms with E-state index in [0.717, 1.165) is 5.75 Å². The summed E-state index contributed by atoms with van der Waals surface area (Å²) in [4.78, 5) is 11.1. The molecule has 1 atom stereocenters. The Bertz CT molecular complexity index is 821. The van der Waals surface area contributed by atoms with Gasteiger partial charge in [0.25, 0.3) is 0 Å². The minimum Gasteiger partial charge on any atom is -0.479 e. The molecular weight excluding hydrogens is 392 g/mol. The van der Waals surface area contributed by atoms with Crippen LogP contribution >= 0.6 is 23.5 Å². The molecule has 1 unspecified atom stereocenters. The second-order valence-corrected chi connectivity index (χ2v) is 8.88. The zero-order valence-corrected chi connectivity index (χ0v) is 17.6. The van der Waals surface area contributed by atoms with E-state index in [0.29, 0.717) is 17.9 Å². The molecule has 1 aliphatic rings. The molecule has 0 radical (unpaired) electrons. The molecule has 28 heavy (non-hydrogen) atoms. The monoisotopic (exact) mass is 416 g/mol. The number of rotatable bonds is 7. The number of carboxylic acids is 1. The van der Waals surface area contributed by atoms with Crippen LogP contribution in [-0.2, 0) is 4.79 Å². The van der Waals surface area contributed by atoms with Crippen molar-refractivity contribution in [2.75, 3.05) is 11.5 Å². The highest BCUT2D eigenvalue weighted by Gasteiger charge is 2.16. The number of carbonyl (C=O) groups is 1. The summed E-state index contributed by atoms with van der Waals surface area (Å²) < 4.78 is 12.8. The molecule has 4 nitrogen and oxygen atoms in total. The van der Waals surface area contributed by atoms with Crippen LogP contribution in [-0.4, -0.2) is 28.7 Å². The predicted octanol–water partition coefficient (Wildman–Crippen LogP) is 6.28. The number of hydrogen-bond donors (Lipinski definition) is 1. The van der Waals surface area contributed by atoms with E-state index >= 15 is 0 Å². The van der Waals surface area contributed by atoms with E-state index in [9.17, 15) is 4.79 Å². The SMILES string of the molecule is CCC(Oc1ccc(Oc2ccc(C(C)=C3SCCCS3)cc2)cc1)C(=O)O. The Morgan fingerprint density at radius 1 is 1.00 bits per heavy atom. The fraction of sp³-hybridized carbons (Fsp3) is 0.318. The van der Waals surface area contributed by atoms with Crippen LogP contribution in [0.25, 0.3) is 5.57 Å². The van der Waals surface area contributed by atoms with Gasteiger partial charge in [0.1, 0.15) is 17.2 Å². The van der Waals surface area contributed by atoms with Gasteiger partial charge in [-0.15, -0.1) is 23.5 Å². The van der Waals surface area contributed by atoms with Gasteiger partial charge in [0.05, 0.1) is 0 Å². The van der Waals surface area contributed by atoms with Gasteiger partial charge in [0.2, 0.25) is 0 Å². The summed E-state index contributed by atoms with van der Waals surface area (Å²) in [6.45, 7) is 3.96. The summed E-state index contributed by atoms with van der Waals surface area (Å²) in [5.74, 6) is 3.39. The third kappa shape index (κ3) is 5.49. The van der Waals surface area contributed by atoms with Gasteiger partial charge in [0, 0.05) is 4.24 Å². The largest absolute Gasteiger partial charge is 0.479 e. The lowest BCUT2D eigenvalue weighted by molar-refractivity contribution is -0.145. The number of hydrogen-bond acceptors (Lipinski definition) is 5. The lowest BCUT2D eigenvalue weighted by atomic mass is 10.1. The Hall–Kier alpha value is -2.05. The Kier molecular flexibility index (Phi) is 7.34. The molecule has 0 aliphatic carbocycles. The van der Waals surface area contributed by atoms with Gasteiger partial charge >= 0.3 is 5.97 Å². The minimum absolute atomic E-state index is 0.409. The van der Waals surface area contributed by atoms with E-state index in [2.05, 4.69) is 19.1 Å². The van der Waals surface area contributed by atoms with Crippen LogP contribution in [0.3, 0.4) is 0 Å². The molecule has 0 amide bonds. The molecule has 1 N–H and O–H groups in total. The third-order valence-corrected chi connectivity index (χ3v) is 7.16. The van der Waals surface area contributed by atoms with Crippen molar-refractivity contribution in [3.05, 3.63) is 58.3 Å². The average Bonchev–Trinajstić information content (AvgIpc) is 2.73. The van der Waals surface area contributed by atoms with Gasteiger partial charge < -0.3 is 14.6 Å². The van der Waals surface area contributed by atoms with Crippen LogP contribution in [0, 0.1) is 0 Å². The normalized spacial score (nSPS) is 15.0. The predicted molar refractivity (Wildman–Crippen MR) is 117 cm³/mol. The molecule has 1 heterocycles. The Morgan fingerprint density at radius 3 is 2.07 bits per heavy atom. The van der Waals surface area contributed by atoms with Crippen LogP contribution in [0.15, 0.2) is 52.8 Å². The second kappa shape index (κ2) is 9.94. The number of allylic oxidation sites excluding steroid dienone is 1. The summed E-state index contributed by atoms with van der Waals surface area (Å²) in [5, 5.41) is 9.07. The first kappa shape index (κ1) is 20.7. The zero-order chi connectivity index (χ0) is 19.9. The van der Waals surface area contributed by atoms with Crippen LogP contribution < -0.4 is 9.47 Å². The molecule has 1 saturated heterocycles. The average molecular weight is 417 g/mol. The van der Waals surface area contributed by atoms with Gasteiger partial charge in [-0.2, -0.15) is 0 Å². The first-order valence-corrected chi connectivity index (χ1v) is 11.3. The first-order valence-electron chi connectivity index (χ1n) is 9.31. The maximum absolute atomic E-state index is 11.1. The molecule has 0 saturated carbocycles. The van der Waals surface area contributed by atoms with Gasteiger partial charge in [-0.3, -0.25) is 0 Å². The molecule has 0 spiro atoms. The van der Waals surface area contributed by atoms with Gasteiger partial charge in [-0.25, -0.2) is 4.79 Å². The fourth-order valence-corrected chi connectivity index (χ4v) is 5.37. The van der Waals surface area contributed by atoms with Crippen molar-refractivity contribution < 1.29 is 19.4 Å². The lowest BCUT2D eigenvalue weighted by Crippen LogP contribution is -2.25. The third-order valence-electron chi connectivity index (χ3n) is 4.33. The number of aliphatic carboxylic acids is 1. The molecule has 2 aromatic rings. The van der Waals surface area contributed by atoms with Crippen molar-refractivity contribution >= 4 is 35.1 Å². The second-order valence-electron chi connectivity index (χ2n) is 6.41. The zero-order valence-electron chi connectivity index (χ0n) is 16.0. The lowest BCUT2D eigenvalue weighted by Gasteiger charge is -2.16. The summed E-state index contributed by atoms with van der Waals surface area (Å²) in [6.07, 6.45) is 0.849. The minimum atomic E-state index is -0.960. The maximum atomic E-state index is 11.1. The highest BCUT2D eigenvalue weighted by Crippen LogP contribution is 2.40. The molecule has 0 bridgehead atoms. The summed E-state index contributed by atoms with van der Waals surface area (Å²) in [6, 6.07) is 15.1. The highest BCUT2D eigenvalue weighted by molar-refractivity contribution is 8.23. The number of carboxylic acid groups (broad SMARTS) is 1. The van der Waals surface area contributed by atoms with Crippen molar-refractivity contribution in [1.29, 1.82) is 0 Å². The van der Waals surface area contributed by atoms with Crippen LogP contribution in [0.1, 0.15) is 32.3 Å². The molecular formula is C22H24O4S2. The topological polar surface area (TPSA) is 55.8 Å². The molecule has 1 fully saturated rings. The maximum Gasteiger partial charge on any atom is 0.344 e. The van der Waals surface area contributed by atoms with E-state index in [1.165, 1.54) is 33.3 Å². The quantitative estimate of drug-likeness (QED) is 0.573. The smallest absolute Gasteiger partial charge is 0.344 e. The molecule has 0 aromatic heterocycles.